The molecular formula is C19H34NO5+. The first-order chi connectivity index (χ1) is 11.6. The van der Waals surface area contributed by atoms with Crippen LogP contribution >= 0.6 is 0 Å². The van der Waals surface area contributed by atoms with Gasteiger partial charge in [0, 0.05) is 12.8 Å². The summed E-state index contributed by atoms with van der Waals surface area (Å²) >= 11 is 0. The molecule has 1 fully saturated rings. The molecule has 0 heterocycles. The number of ketones is 2. The molecule has 0 amide bonds. The third-order valence-corrected chi connectivity index (χ3v) is 5.00. The van der Waals surface area contributed by atoms with Crippen LogP contribution in [0.1, 0.15) is 64.2 Å². The van der Waals surface area contributed by atoms with Crippen molar-refractivity contribution in [2.75, 3.05) is 27.7 Å². The maximum absolute atomic E-state index is 12.8. The molecule has 0 aliphatic heterocycles. The van der Waals surface area contributed by atoms with Gasteiger partial charge in [-0.25, -0.2) is 0 Å². The zero-order valence-corrected chi connectivity index (χ0v) is 15.9. The average molecular weight is 356 g/mol. The Morgan fingerprint density at radius 1 is 0.920 bits per heavy atom. The molecule has 0 saturated heterocycles. The van der Waals surface area contributed by atoms with Gasteiger partial charge in [-0.1, -0.05) is 38.5 Å². The summed E-state index contributed by atoms with van der Waals surface area (Å²) < 4.78 is 0.275. The lowest BCUT2D eigenvalue weighted by molar-refractivity contribution is -0.874. The van der Waals surface area contributed by atoms with Gasteiger partial charge in [-0.3, -0.25) is 14.4 Å². The number of aliphatic hydroxyl groups excluding tert-OH is 1. The molecule has 6 heteroatoms. The zero-order chi connectivity index (χ0) is 19.1. The maximum atomic E-state index is 12.8. The van der Waals surface area contributed by atoms with Crippen molar-refractivity contribution >= 4 is 17.5 Å². The topological polar surface area (TPSA) is 91.7 Å². The summed E-state index contributed by atoms with van der Waals surface area (Å²) in [6, 6.07) is 0. The molecule has 1 atom stereocenters. The highest BCUT2D eigenvalue weighted by atomic mass is 16.4. The second kappa shape index (κ2) is 9.43. The SMILES string of the molecule is C[N+](C)(C)CC(O)C1(C(=O)O)C(=O)CCCCCCCCCCC1=O. The minimum Gasteiger partial charge on any atom is -0.480 e. The molecule has 1 saturated carbocycles. The second-order valence-electron chi connectivity index (χ2n) is 8.28. The molecule has 1 unspecified atom stereocenters. The molecule has 1 rings (SSSR count). The summed E-state index contributed by atoms with van der Waals surface area (Å²) in [4.78, 5) is 37.8. The van der Waals surface area contributed by atoms with Gasteiger partial charge in [-0.2, -0.15) is 0 Å². The van der Waals surface area contributed by atoms with Crippen molar-refractivity contribution in [3.05, 3.63) is 0 Å². The largest absolute Gasteiger partial charge is 0.480 e. The predicted molar refractivity (Wildman–Crippen MR) is 95.2 cm³/mol. The average Bonchev–Trinajstić information content (AvgIpc) is 2.48. The van der Waals surface area contributed by atoms with E-state index in [9.17, 15) is 24.6 Å². The van der Waals surface area contributed by atoms with Crippen LogP contribution in [0.2, 0.25) is 0 Å². The summed E-state index contributed by atoms with van der Waals surface area (Å²) in [5.41, 5.74) is -2.32. The number of likely N-dealkylation sites (N-methyl/N-ethyl adjacent to an activating group) is 1. The van der Waals surface area contributed by atoms with E-state index in [4.69, 9.17) is 0 Å². The molecular weight excluding hydrogens is 322 g/mol. The molecule has 1 aliphatic carbocycles. The van der Waals surface area contributed by atoms with Crippen LogP contribution in [0.4, 0.5) is 0 Å². The van der Waals surface area contributed by atoms with Crippen molar-refractivity contribution in [1.82, 2.24) is 0 Å². The van der Waals surface area contributed by atoms with E-state index < -0.39 is 29.1 Å². The number of nitrogens with zero attached hydrogens (tertiary/aromatic N) is 1. The van der Waals surface area contributed by atoms with E-state index in [-0.39, 0.29) is 23.9 Å². The fraction of sp³-hybridized carbons (Fsp3) is 0.842. The maximum Gasteiger partial charge on any atom is 0.327 e. The highest BCUT2D eigenvalue weighted by Crippen LogP contribution is 2.32. The fourth-order valence-electron chi connectivity index (χ4n) is 3.59. The minimum atomic E-state index is -2.32. The van der Waals surface area contributed by atoms with E-state index in [1.165, 1.54) is 0 Å². The summed E-state index contributed by atoms with van der Waals surface area (Å²) in [5, 5.41) is 20.5. The standard InChI is InChI=1S/C19H33NO5/c1-20(2,3)14-17(23)19(18(24)25)15(21)12-10-8-6-4-5-7-9-11-13-16(19)22/h17,23H,4-14H2,1-3H3/p+1. The third-order valence-electron chi connectivity index (χ3n) is 5.00. The van der Waals surface area contributed by atoms with E-state index in [1.807, 2.05) is 0 Å². The zero-order valence-electron chi connectivity index (χ0n) is 15.9. The Kier molecular flexibility index (Phi) is 8.22. The van der Waals surface area contributed by atoms with E-state index in [0.717, 1.165) is 38.5 Å². The fourth-order valence-corrected chi connectivity index (χ4v) is 3.59. The number of rotatable bonds is 4. The van der Waals surface area contributed by atoms with Crippen LogP contribution < -0.4 is 0 Å². The first kappa shape index (κ1) is 21.8. The van der Waals surface area contributed by atoms with Crippen molar-refractivity contribution < 1.29 is 29.1 Å². The smallest absolute Gasteiger partial charge is 0.327 e. The molecule has 0 aromatic rings. The number of aliphatic hydroxyl groups is 1. The third kappa shape index (κ3) is 5.89. The van der Waals surface area contributed by atoms with Gasteiger partial charge >= 0.3 is 5.97 Å². The number of hydrogen-bond donors (Lipinski definition) is 2. The Labute approximate surface area is 150 Å². The van der Waals surface area contributed by atoms with Gasteiger partial charge in [-0.15, -0.1) is 0 Å². The lowest BCUT2D eigenvalue weighted by Crippen LogP contribution is -2.59. The highest BCUT2D eigenvalue weighted by molar-refractivity contribution is 6.22. The number of hydrogen-bond acceptors (Lipinski definition) is 4. The number of carboxylic acids is 1. The molecule has 0 aromatic heterocycles. The van der Waals surface area contributed by atoms with Crippen LogP contribution in [-0.4, -0.2) is 66.0 Å². The van der Waals surface area contributed by atoms with Crippen molar-refractivity contribution in [2.24, 2.45) is 5.41 Å². The first-order valence-electron chi connectivity index (χ1n) is 9.41. The van der Waals surface area contributed by atoms with Gasteiger partial charge in [0.15, 0.2) is 11.6 Å². The summed E-state index contributed by atoms with van der Waals surface area (Å²) in [5.74, 6) is -2.77. The van der Waals surface area contributed by atoms with Crippen LogP contribution in [0.5, 0.6) is 0 Å². The number of aliphatic carboxylic acids is 1. The monoisotopic (exact) mass is 356 g/mol. The molecule has 0 radical (unpaired) electrons. The summed E-state index contributed by atoms with van der Waals surface area (Å²) in [6.45, 7) is 0.0315. The predicted octanol–water partition coefficient (Wildman–Crippen LogP) is 2.18. The van der Waals surface area contributed by atoms with E-state index in [1.54, 1.807) is 21.1 Å². The highest BCUT2D eigenvalue weighted by Gasteiger charge is 2.58. The van der Waals surface area contributed by atoms with Crippen LogP contribution in [0.15, 0.2) is 0 Å². The number of Topliss-reactive ketones (excluding diaryl/α,β-unsaturated/α-hetero) is 2. The quantitative estimate of drug-likeness (QED) is 0.595. The molecule has 0 spiro atoms. The van der Waals surface area contributed by atoms with Crippen LogP contribution in [0.3, 0.4) is 0 Å². The first-order valence-corrected chi connectivity index (χ1v) is 9.41. The van der Waals surface area contributed by atoms with Crippen LogP contribution in [-0.2, 0) is 14.4 Å². The summed E-state index contributed by atoms with van der Waals surface area (Å²) in [7, 11) is 5.40. The molecule has 25 heavy (non-hydrogen) atoms. The van der Waals surface area contributed by atoms with Gasteiger partial charge in [0.1, 0.15) is 12.6 Å². The van der Waals surface area contributed by atoms with Crippen molar-refractivity contribution in [3.8, 4) is 0 Å². The molecule has 6 nitrogen and oxygen atoms in total. The second-order valence-corrected chi connectivity index (χ2v) is 8.28. The van der Waals surface area contributed by atoms with E-state index in [0.29, 0.717) is 12.8 Å². The van der Waals surface area contributed by atoms with Crippen LogP contribution in [0.25, 0.3) is 0 Å². The summed E-state index contributed by atoms with van der Waals surface area (Å²) in [6.07, 6.45) is 5.63. The van der Waals surface area contributed by atoms with Crippen molar-refractivity contribution in [2.45, 2.75) is 70.3 Å². The van der Waals surface area contributed by atoms with Gasteiger partial charge in [0.25, 0.3) is 0 Å². The number of carbonyl (C=O) groups excluding carboxylic acids is 2. The Hall–Kier alpha value is -1.27. The molecule has 0 aromatic carbocycles. The van der Waals surface area contributed by atoms with E-state index in [2.05, 4.69) is 0 Å². The Morgan fingerprint density at radius 3 is 1.60 bits per heavy atom. The number of quaternary nitrogens is 1. The van der Waals surface area contributed by atoms with Gasteiger partial charge < -0.3 is 14.7 Å². The minimum absolute atomic E-state index is 0.0315. The van der Waals surface area contributed by atoms with Crippen molar-refractivity contribution in [3.63, 3.8) is 0 Å². The molecule has 0 bridgehead atoms. The lowest BCUT2D eigenvalue weighted by Gasteiger charge is -2.35. The number of carbonyl (C=O) groups is 3. The van der Waals surface area contributed by atoms with Crippen LogP contribution in [0, 0.1) is 5.41 Å². The van der Waals surface area contributed by atoms with Crippen molar-refractivity contribution in [1.29, 1.82) is 0 Å². The molecule has 1 aliphatic rings. The molecule has 144 valence electrons. The number of carboxylic acid groups (broad SMARTS) is 1. The Morgan fingerprint density at radius 2 is 1.28 bits per heavy atom. The van der Waals surface area contributed by atoms with Gasteiger partial charge in [0.05, 0.1) is 21.1 Å². The van der Waals surface area contributed by atoms with E-state index >= 15 is 0 Å². The van der Waals surface area contributed by atoms with Gasteiger partial charge in [0.2, 0.25) is 5.41 Å². The molecule has 2 N–H and O–H groups in total. The lowest BCUT2D eigenvalue weighted by atomic mass is 9.71. The van der Waals surface area contributed by atoms with Gasteiger partial charge in [-0.05, 0) is 12.8 Å². The normalized spacial score (nSPS) is 22.4. The Bertz CT molecular complexity index is 457. The Balaban J connectivity index is 3.18.